The van der Waals surface area contributed by atoms with E-state index in [0.29, 0.717) is 11.2 Å². The van der Waals surface area contributed by atoms with Crippen molar-refractivity contribution in [2.45, 2.75) is 92.8 Å². The van der Waals surface area contributed by atoms with Gasteiger partial charge in [-0.05, 0) is 135 Å². The molecule has 0 aromatic heterocycles. The van der Waals surface area contributed by atoms with Crippen LogP contribution in [0.4, 0.5) is 0 Å². The molecule has 1 N–H and O–H groups in total. The highest BCUT2D eigenvalue weighted by atomic mass is 32.1. The van der Waals surface area contributed by atoms with Crippen molar-refractivity contribution in [1.29, 1.82) is 0 Å². The highest BCUT2D eigenvalue weighted by Gasteiger charge is 2.54. The third-order valence-corrected chi connectivity index (χ3v) is 10.7. The second-order valence-electron chi connectivity index (χ2n) is 12.3. The Balaban J connectivity index is 1.34. The molecule has 1 aromatic carbocycles. The van der Waals surface area contributed by atoms with Gasteiger partial charge in [-0.3, -0.25) is 0 Å². The van der Waals surface area contributed by atoms with Gasteiger partial charge in [0.15, 0.2) is 0 Å². The van der Waals surface area contributed by atoms with Crippen LogP contribution in [0.2, 0.25) is 0 Å². The normalized spacial score (nSPS) is 50.5. The summed E-state index contributed by atoms with van der Waals surface area (Å²) in [4.78, 5) is 0.860. The Morgan fingerprint density at radius 1 is 0.643 bits per heavy atom. The molecule has 0 amide bonds. The molecule has 9 rings (SSSR count). The second-order valence-corrected chi connectivity index (χ2v) is 12.8. The van der Waals surface area contributed by atoms with Gasteiger partial charge < -0.3 is 5.11 Å². The van der Waals surface area contributed by atoms with Crippen LogP contribution in [0.5, 0.6) is 5.75 Å². The lowest BCUT2D eigenvalue weighted by Gasteiger charge is -2.58. The summed E-state index contributed by atoms with van der Waals surface area (Å²) in [7, 11) is 0. The minimum absolute atomic E-state index is 0.259. The van der Waals surface area contributed by atoms with Crippen molar-refractivity contribution >= 4 is 12.6 Å². The summed E-state index contributed by atoms with van der Waals surface area (Å²) in [5, 5.41) is 11.2. The van der Waals surface area contributed by atoms with Crippen molar-refractivity contribution in [3.05, 3.63) is 23.3 Å². The van der Waals surface area contributed by atoms with Crippen molar-refractivity contribution in [3.8, 4) is 5.75 Å². The van der Waals surface area contributed by atoms with E-state index in [9.17, 15) is 5.11 Å². The smallest absolute Gasteiger partial charge is 0.132 e. The first-order valence-corrected chi connectivity index (χ1v) is 12.5. The summed E-state index contributed by atoms with van der Waals surface area (Å²) in [5.41, 5.74) is 3.52. The van der Waals surface area contributed by atoms with E-state index in [2.05, 4.69) is 12.1 Å². The summed E-state index contributed by atoms with van der Waals surface area (Å²) in [5.74, 6) is 6.16. The summed E-state index contributed by atoms with van der Waals surface area (Å²) in [6.07, 6.45) is 17.0. The monoisotopic (exact) mass is 394 g/mol. The maximum absolute atomic E-state index is 11.2. The lowest BCUT2D eigenvalue weighted by Crippen LogP contribution is -2.50. The molecular formula is C26H34OS. The predicted molar refractivity (Wildman–Crippen MR) is 115 cm³/mol. The fourth-order valence-electron chi connectivity index (χ4n) is 10.2. The molecule has 8 saturated carbocycles. The van der Waals surface area contributed by atoms with E-state index in [1.807, 2.05) is 0 Å². The lowest BCUT2D eigenvalue weighted by molar-refractivity contribution is -0.00923. The Morgan fingerprint density at radius 3 is 1.46 bits per heavy atom. The van der Waals surface area contributed by atoms with Crippen LogP contribution in [0, 0.1) is 35.5 Å². The number of phenols is 1. The highest BCUT2D eigenvalue weighted by molar-refractivity contribution is 7.80. The van der Waals surface area contributed by atoms with Crippen LogP contribution < -0.4 is 0 Å². The van der Waals surface area contributed by atoms with Gasteiger partial charge in [0, 0.05) is 10.5 Å². The SMILES string of the molecule is Oc1c(S)cc(C23CC4CC(CC(C4)C2)C3)cc1C12CC3CC(CC(C3)C1)C2. The fraction of sp³-hybridized carbons (Fsp3) is 0.769. The first kappa shape index (κ1) is 17.1. The average molecular weight is 395 g/mol. The molecule has 8 bridgehead atoms. The third-order valence-electron chi connectivity index (χ3n) is 10.3. The van der Waals surface area contributed by atoms with Crippen LogP contribution >= 0.6 is 12.6 Å². The standard InChI is InChI=1S/C26H34OS/c27-24-22(26-12-18-4-19(13-26)6-20(5-18)14-26)7-21(8-23(24)28)25-9-15-1-16(10-25)3-17(2-15)11-25/h7-8,15-20,27-28H,1-6,9-14H2. The summed E-state index contributed by atoms with van der Waals surface area (Å²) >= 11 is 4.83. The first-order valence-electron chi connectivity index (χ1n) is 12.1. The zero-order valence-corrected chi connectivity index (χ0v) is 17.9. The molecule has 8 aliphatic carbocycles. The van der Waals surface area contributed by atoms with Crippen molar-refractivity contribution in [1.82, 2.24) is 0 Å². The average Bonchev–Trinajstić information content (AvgIpc) is 2.61. The number of thiol groups is 1. The molecule has 8 fully saturated rings. The van der Waals surface area contributed by atoms with Gasteiger partial charge in [-0.1, -0.05) is 6.07 Å². The van der Waals surface area contributed by atoms with E-state index in [1.165, 1.54) is 82.6 Å². The van der Waals surface area contributed by atoms with E-state index in [0.717, 1.165) is 40.4 Å². The van der Waals surface area contributed by atoms with Crippen molar-refractivity contribution in [2.75, 3.05) is 0 Å². The van der Waals surface area contributed by atoms with Crippen LogP contribution in [0.1, 0.15) is 88.2 Å². The molecule has 2 heteroatoms. The van der Waals surface area contributed by atoms with Crippen molar-refractivity contribution in [2.24, 2.45) is 35.5 Å². The fourth-order valence-corrected chi connectivity index (χ4v) is 10.5. The topological polar surface area (TPSA) is 20.2 Å². The minimum Gasteiger partial charge on any atom is -0.506 e. The molecule has 0 saturated heterocycles. The summed E-state index contributed by atoms with van der Waals surface area (Å²) in [6, 6.07) is 4.80. The van der Waals surface area contributed by atoms with Gasteiger partial charge in [0.05, 0.1) is 0 Å². The van der Waals surface area contributed by atoms with Gasteiger partial charge in [-0.15, -0.1) is 12.6 Å². The molecule has 0 aliphatic heterocycles. The van der Waals surface area contributed by atoms with Gasteiger partial charge in [0.2, 0.25) is 0 Å². The lowest BCUT2D eigenvalue weighted by atomic mass is 9.46. The second kappa shape index (κ2) is 5.54. The van der Waals surface area contributed by atoms with Crippen LogP contribution in [-0.4, -0.2) is 5.11 Å². The Kier molecular flexibility index (Phi) is 3.38. The molecule has 0 unspecified atom stereocenters. The molecular weight excluding hydrogens is 360 g/mol. The molecule has 0 atom stereocenters. The molecule has 1 aromatic rings. The number of phenolic OH excluding ortho intramolecular Hbond substituents is 1. The van der Waals surface area contributed by atoms with Gasteiger partial charge in [0.25, 0.3) is 0 Å². The van der Waals surface area contributed by atoms with E-state index >= 15 is 0 Å². The number of aromatic hydroxyl groups is 1. The van der Waals surface area contributed by atoms with Crippen LogP contribution in [0.25, 0.3) is 0 Å². The number of hydrogen-bond acceptors (Lipinski definition) is 2. The predicted octanol–water partition coefficient (Wildman–Crippen LogP) is 6.62. The van der Waals surface area contributed by atoms with Gasteiger partial charge in [-0.2, -0.15) is 0 Å². The maximum Gasteiger partial charge on any atom is 0.132 e. The number of rotatable bonds is 2. The Bertz CT molecular complexity index is 769. The van der Waals surface area contributed by atoms with Crippen LogP contribution in [-0.2, 0) is 10.8 Å². The third kappa shape index (κ3) is 2.28. The van der Waals surface area contributed by atoms with E-state index in [1.54, 1.807) is 5.56 Å². The maximum atomic E-state index is 11.2. The van der Waals surface area contributed by atoms with Crippen LogP contribution in [0.15, 0.2) is 17.0 Å². The largest absolute Gasteiger partial charge is 0.506 e. The molecule has 0 radical (unpaired) electrons. The van der Waals surface area contributed by atoms with E-state index < -0.39 is 0 Å². The van der Waals surface area contributed by atoms with Gasteiger partial charge >= 0.3 is 0 Å². The first-order chi connectivity index (χ1) is 13.5. The Morgan fingerprint density at radius 2 is 1.04 bits per heavy atom. The molecule has 150 valence electrons. The zero-order chi connectivity index (χ0) is 18.7. The zero-order valence-electron chi connectivity index (χ0n) is 17.0. The molecule has 1 nitrogen and oxygen atoms in total. The van der Waals surface area contributed by atoms with Gasteiger partial charge in [0.1, 0.15) is 5.75 Å². The molecule has 28 heavy (non-hydrogen) atoms. The molecule has 0 spiro atoms. The van der Waals surface area contributed by atoms with Crippen molar-refractivity contribution < 1.29 is 5.11 Å². The van der Waals surface area contributed by atoms with Gasteiger partial charge in [-0.25, -0.2) is 0 Å². The van der Waals surface area contributed by atoms with Crippen LogP contribution in [0.3, 0.4) is 0 Å². The Hall–Kier alpha value is -0.630. The summed E-state index contributed by atoms with van der Waals surface area (Å²) < 4.78 is 0. The molecule has 8 aliphatic rings. The number of hydrogen-bond donors (Lipinski definition) is 2. The highest BCUT2D eigenvalue weighted by Crippen LogP contribution is 2.64. The van der Waals surface area contributed by atoms with E-state index in [4.69, 9.17) is 12.6 Å². The number of benzene rings is 1. The quantitative estimate of drug-likeness (QED) is 0.540. The molecule has 0 heterocycles. The minimum atomic E-state index is 0.259. The Labute approximate surface area is 175 Å². The summed E-state index contributed by atoms with van der Waals surface area (Å²) in [6.45, 7) is 0. The van der Waals surface area contributed by atoms with Crippen molar-refractivity contribution in [3.63, 3.8) is 0 Å². The van der Waals surface area contributed by atoms with E-state index in [-0.39, 0.29) is 5.41 Å².